The second-order valence-electron chi connectivity index (χ2n) is 9.06. The van der Waals surface area contributed by atoms with E-state index < -0.39 is 11.4 Å². The van der Waals surface area contributed by atoms with E-state index in [0.29, 0.717) is 29.0 Å². The van der Waals surface area contributed by atoms with Crippen molar-refractivity contribution in [2.45, 2.75) is 71.9 Å². The normalized spacial score (nSPS) is 17.3. The fourth-order valence-corrected chi connectivity index (χ4v) is 4.50. The molecule has 2 unspecified atom stereocenters. The fourth-order valence-electron chi connectivity index (χ4n) is 4.50. The van der Waals surface area contributed by atoms with Crippen molar-refractivity contribution in [1.82, 2.24) is 20.0 Å². The first kappa shape index (κ1) is 26.6. The molecule has 4 N–H and O–H groups in total. The zero-order valence-corrected chi connectivity index (χ0v) is 21.4. The highest BCUT2D eigenvalue weighted by Crippen LogP contribution is 2.30. The standard InChI is InChI=1S/C25H32FN5O2.C2H6/c1-4-17-22(30-20-9-8-16(2)13-19(20)26)18(14-31-12-11-28-23(17)31)24(32)29-15-25(3,33)21-7-5-6-10-27-21;1-2/h8-9,11-14,21,27,30,33H,4-7,10,15H2,1-3H3,(H,29,32);1-2H3. The lowest BCUT2D eigenvalue weighted by atomic mass is 9.89. The zero-order valence-electron chi connectivity index (χ0n) is 21.4. The van der Waals surface area contributed by atoms with Gasteiger partial charge < -0.3 is 25.5 Å². The van der Waals surface area contributed by atoms with Crippen molar-refractivity contribution in [2.75, 3.05) is 18.4 Å². The van der Waals surface area contributed by atoms with Gasteiger partial charge in [-0.3, -0.25) is 4.79 Å². The number of fused-ring (bicyclic) bond motifs is 1. The van der Waals surface area contributed by atoms with Crippen molar-refractivity contribution in [3.8, 4) is 0 Å². The van der Waals surface area contributed by atoms with Crippen LogP contribution >= 0.6 is 0 Å². The predicted octanol–water partition coefficient (Wildman–Crippen LogP) is 4.74. The molecule has 3 aromatic rings. The largest absolute Gasteiger partial charge is 0.387 e. The van der Waals surface area contributed by atoms with Gasteiger partial charge >= 0.3 is 0 Å². The maximum absolute atomic E-state index is 14.6. The van der Waals surface area contributed by atoms with Crippen molar-refractivity contribution < 1.29 is 14.3 Å². The maximum atomic E-state index is 14.6. The number of aliphatic hydroxyl groups is 1. The lowest BCUT2D eigenvalue weighted by Gasteiger charge is -2.36. The molecule has 1 saturated heterocycles. The molecule has 7 nitrogen and oxygen atoms in total. The van der Waals surface area contributed by atoms with Crippen LogP contribution in [-0.2, 0) is 6.42 Å². The summed E-state index contributed by atoms with van der Waals surface area (Å²) in [6.07, 6.45) is 8.75. The molecule has 0 saturated carbocycles. The monoisotopic (exact) mass is 483 g/mol. The quantitative estimate of drug-likeness (QED) is 0.390. The Morgan fingerprint density at radius 2 is 2.11 bits per heavy atom. The van der Waals surface area contributed by atoms with E-state index >= 15 is 0 Å². The Labute approximate surface area is 207 Å². The van der Waals surface area contributed by atoms with Crippen molar-refractivity contribution >= 4 is 22.9 Å². The van der Waals surface area contributed by atoms with Crippen LogP contribution in [0.4, 0.5) is 15.8 Å². The first-order valence-corrected chi connectivity index (χ1v) is 12.6. The average molecular weight is 484 g/mol. The number of hydrogen-bond acceptors (Lipinski definition) is 5. The SMILES string of the molecule is CC.CCc1c(Nc2ccc(C)cc2F)c(C(=O)NCC(C)(O)C2CCCCN2)cn2ccnc12. The van der Waals surface area contributed by atoms with Crippen LogP contribution in [0.15, 0.2) is 36.8 Å². The fraction of sp³-hybridized carbons (Fsp3) is 0.481. The summed E-state index contributed by atoms with van der Waals surface area (Å²) in [5.74, 6) is -0.732. The van der Waals surface area contributed by atoms with Crippen molar-refractivity contribution in [3.05, 3.63) is 59.3 Å². The van der Waals surface area contributed by atoms with Crippen molar-refractivity contribution in [1.29, 1.82) is 0 Å². The summed E-state index contributed by atoms with van der Waals surface area (Å²) >= 11 is 0. The zero-order chi connectivity index (χ0) is 25.6. The van der Waals surface area contributed by atoms with Crippen LogP contribution in [-0.4, -0.2) is 45.1 Å². The molecule has 0 spiro atoms. The van der Waals surface area contributed by atoms with Gasteiger partial charge in [-0.15, -0.1) is 0 Å². The number of pyridine rings is 1. The van der Waals surface area contributed by atoms with Gasteiger partial charge in [-0.25, -0.2) is 9.37 Å². The van der Waals surface area contributed by atoms with Crippen LogP contribution in [0.2, 0.25) is 0 Å². The third kappa shape index (κ3) is 6.00. The summed E-state index contributed by atoms with van der Waals surface area (Å²) in [7, 11) is 0. The molecule has 2 atom stereocenters. The Hall–Kier alpha value is -2.97. The predicted molar refractivity (Wildman–Crippen MR) is 139 cm³/mol. The lowest BCUT2D eigenvalue weighted by molar-refractivity contribution is 0.0108. The molecular formula is C27H38FN5O2. The number of aromatic nitrogens is 2. The molecule has 0 radical (unpaired) electrons. The number of carbonyl (C=O) groups is 1. The molecule has 3 heterocycles. The van der Waals surface area contributed by atoms with Gasteiger partial charge in [-0.2, -0.15) is 0 Å². The number of benzene rings is 1. The van der Waals surface area contributed by atoms with E-state index in [9.17, 15) is 14.3 Å². The molecule has 1 fully saturated rings. The molecule has 1 aliphatic heterocycles. The highest BCUT2D eigenvalue weighted by molar-refractivity contribution is 6.02. The van der Waals surface area contributed by atoms with Crippen LogP contribution in [0.5, 0.6) is 0 Å². The molecule has 1 amide bonds. The summed E-state index contributed by atoms with van der Waals surface area (Å²) in [4.78, 5) is 17.8. The second-order valence-corrected chi connectivity index (χ2v) is 9.06. The summed E-state index contributed by atoms with van der Waals surface area (Å²) in [5, 5.41) is 20.4. The number of anilines is 2. The molecule has 0 bridgehead atoms. The number of hydrogen-bond donors (Lipinski definition) is 4. The first-order valence-electron chi connectivity index (χ1n) is 12.6. The molecule has 1 aliphatic rings. The number of aryl methyl sites for hydroxylation is 2. The number of piperidine rings is 1. The number of halogens is 1. The number of rotatable bonds is 7. The Balaban J connectivity index is 0.00000167. The molecule has 4 rings (SSSR count). The molecular weight excluding hydrogens is 445 g/mol. The van der Waals surface area contributed by atoms with E-state index in [1.165, 1.54) is 6.07 Å². The average Bonchev–Trinajstić information content (AvgIpc) is 3.34. The number of imidazole rings is 1. The van der Waals surface area contributed by atoms with E-state index in [4.69, 9.17) is 0 Å². The molecule has 8 heteroatoms. The first-order chi connectivity index (χ1) is 16.8. The van der Waals surface area contributed by atoms with Crippen LogP contribution < -0.4 is 16.0 Å². The van der Waals surface area contributed by atoms with E-state index in [2.05, 4.69) is 20.9 Å². The topological polar surface area (TPSA) is 90.7 Å². The molecule has 1 aromatic carbocycles. The van der Waals surface area contributed by atoms with Crippen LogP contribution in [0, 0.1) is 12.7 Å². The van der Waals surface area contributed by atoms with Gasteiger partial charge in [-0.1, -0.05) is 33.3 Å². The van der Waals surface area contributed by atoms with Crippen molar-refractivity contribution in [3.63, 3.8) is 0 Å². The Kier molecular flexibility index (Phi) is 8.86. The number of nitrogens with zero attached hydrogens (tertiary/aromatic N) is 2. The number of carbonyl (C=O) groups excluding carboxylic acids is 1. The minimum absolute atomic E-state index is 0.0758. The number of amides is 1. The van der Waals surface area contributed by atoms with E-state index in [1.54, 1.807) is 36.0 Å². The maximum Gasteiger partial charge on any atom is 0.255 e. The van der Waals surface area contributed by atoms with Gasteiger partial charge in [0.25, 0.3) is 5.91 Å². The summed E-state index contributed by atoms with van der Waals surface area (Å²) in [6.45, 7) is 10.5. The Morgan fingerprint density at radius 1 is 1.34 bits per heavy atom. The van der Waals surface area contributed by atoms with E-state index in [-0.39, 0.29) is 18.5 Å². The van der Waals surface area contributed by atoms with Gasteiger partial charge in [-0.05, 0) is 57.4 Å². The Morgan fingerprint density at radius 3 is 2.77 bits per heavy atom. The van der Waals surface area contributed by atoms with Crippen molar-refractivity contribution in [2.24, 2.45) is 0 Å². The third-order valence-electron chi connectivity index (χ3n) is 6.43. The molecule has 0 aliphatic carbocycles. The smallest absolute Gasteiger partial charge is 0.255 e. The van der Waals surface area contributed by atoms with Gasteiger partial charge in [0.1, 0.15) is 11.5 Å². The van der Waals surface area contributed by atoms with E-state index in [0.717, 1.165) is 36.9 Å². The van der Waals surface area contributed by atoms with Gasteiger partial charge in [0.15, 0.2) is 0 Å². The summed E-state index contributed by atoms with van der Waals surface area (Å²) < 4.78 is 16.4. The van der Waals surface area contributed by atoms with Crippen LogP contribution in [0.3, 0.4) is 0 Å². The summed E-state index contributed by atoms with van der Waals surface area (Å²) in [6, 6.07) is 4.87. The van der Waals surface area contributed by atoms with Gasteiger partial charge in [0.05, 0.1) is 22.5 Å². The lowest BCUT2D eigenvalue weighted by Crippen LogP contribution is -2.56. The van der Waals surface area contributed by atoms with E-state index in [1.807, 2.05) is 33.8 Å². The molecule has 2 aromatic heterocycles. The van der Waals surface area contributed by atoms with Crippen LogP contribution in [0.1, 0.15) is 68.4 Å². The summed E-state index contributed by atoms with van der Waals surface area (Å²) in [5.41, 5.74) is 2.43. The third-order valence-corrected chi connectivity index (χ3v) is 6.43. The van der Waals surface area contributed by atoms with Crippen LogP contribution in [0.25, 0.3) is 5.65 Å². The second kappa shape index (κ2) is 11.6. The highest BCUT2D eigenvalue weighted by Gasteiger charge is 2.33. The molecule has 35 heavy (non-hydrogen) atoms. The molecule has 190 valence electrons. The Bertz CT molecular complexity index is 1150. The van der Waals surface area contributed by atoms with Gasteiger partial charge in [0, 0.05) is 36.7 Å². The van der Waals surface area contributed by atoms with Gasteiger partial charge in [0.2, 0.25) is 0 Å². The number of nitrogens with one attached hydrogen (secondary N) is 3. The minimum Gasteiger partial charge on any atom is -0.387 e. The minimum atomic E-state index is -1.08. The highest BCUT2D eigenvalue weighted by atomic mass is 19.1.